The smallest absolute Gasteiger partial charge is 0.490 e. The van der Waals surface area contributed by atoms with E-state index in [2.05, 4.69) is 10.1 Å². The van der Waals surface area contributed by atoms with Crippen molar-refractivity contribution in [1.82, 2.24) is 19.7 Å². The summed E-state index contributed by atoms with van der Waals surface area (Å²) in [5, 5.41) is 29.0. The zero-order valence-corrected chi connectivity index (χ0v) is 26.6. The van der Waals surface area contributed by atoms with Crippen LogP contribution in [-0.4, -0.2) is 87.0 Å². The van der Waals surface area contributed by atoms with Crippen molar-refractivity contribution in [3.63, 3.8) is 0 Å². The van der Waals surface area contributed by atoms with E-state index in [1.165, 1.54) is 24.1 Å². The molecule has 1 heterocycles. The fourth-order valence-electron chi connectivity index (χ4n) is 4.53. The Labute approximate surface area is 277 Å². The van der Waals surface area contributed by atoms with Crippen LogP contribution in [0.3, 0.4) is 0 Å². The number of H-pyrrole nitrogens is 1. The molecule has 0 aliphatic rings. The van der Waals surface area contributed by atoms with Gasteiger partial charge in [0, 0.05) is 25.6 Å². The number of para-hydroxylation sites is 1. The molecule has 0 fully saturated rings. The Morgan fingerprint density at radius 2 is 1.65 bits per heavy atom. The Morgan fingerprint density at radius 1 is 1.04 bits per heavy atom. The monoisotopic (exact) mass is 686 g/mol. The van der Waals surface area contributed by atoms with Crippen LogP contribution in [-0.2, 0) is 16.0 Å². The highest BCUT2D eigenvalue weighted by Gasteiger charge is 2.38. The van der Waals surface area contributed by atoms with E-state index in [9.17, 15) is 32.7 Å². The average molecular weight is 687 g/mol. The molecule has 0 spiro atoms. The van der Waals surface area contributed by atoms with Crippen molar-refractivity contribution in [1.29, 1.82) is 5.41 Å². The standard InChI is InChI=1S/C30H32N6O6.C2HF3O2/c1-17(28(37)35(2)3)42-24-14-13-20(16-25(24)41-4)22(15-18-9-11-19(12-10-18)26(31)32)27-33-30(40)36(34-27)23-8-6-5-7-21(23)29(38)39;3-2(4,5)1(6)7/h5-14,16-17,22H,15H2,1-4H3,(H3,31,32)(H,38,39)(H,33,34,40);(H,6,7). The Balaban J connectivity index is 0.000000838. The molecule has 3 aromatic carbocycles. The minimum atomic E-state index is -5.08. The number of nitrogens with two attached hydrogens (primary N) is 1. The molecule has 0 bridgehead atoms. The summed E-state index contributed by atoms with van der Waals surface area (Å²) in [6.07, 6.45) is -5.46. The van der Waals surface area contributed by atoms with Gasteiger partial charge in [0.1, 0.15) is 11.7 Å². The van der Waals surface area contributed by atoms with Crippen LogP contribution < -0.4 is 20.9 Å². The predicted octanol–water partition coefficient (Wildman–Crippen LogP) is 3.41. The molecule has 0 aliphatic heterocycles. The molecule has 0 saturated heterocycles. The van der Waals surface area contributed by atoms with E-state index in [1.54, 1.807) is 63.5 Å². The molecule has 0 aliphatic carbocycles. The maximum absolute atomic E-state index is 13.1. The topological polar surface area (TPSA) is 214 Å². The third-order valence-corrected chi connectivity index (χ3v) is 6.96. The van der Waals surface area contributed by atoms with Crippen LogP contribution in [0.2, 0.25) is 0 Å². The highest BCUT2D eigenvalue weighted by atomic mass is 19.4. The predicted molar refractivity (Wildman–Crippen MR) is 170 cm³/mol. The van der Waals surface area contributed by atoms with Crippen molar-refractivity contribution in [2.45, 2.75) is 31.5 Å². The van der Waals surface area contributed by atoms with Crippen molar-refractivity contribution in [3.05, 3.63) is 105 Å². The molecule has 49 heavy (non-hydrogen) atoms. The van der Waals surface area contributed by atoms with E-state index >= 15 is 0 Å². The summed E-state index contributed by atoms with van der Waals surface area (Å²) in [6, 6.07) is 18.5. The first-order valence-electron chi connectivity index (χ1n) is 14.3. The van der Waals surface area contributed by atoms with Gasteiger partial charge in [-0.05, 0) is 48.7 Å². The maximum Gasteiger partial charge on any atom is 0.490 e. The number of carboxylic acids is 2. The minimum Gasteiger partial charge on any atom is -0.493 e. The van der Waals surface area contributed by atoms with Gasteiger partial charge < -0.3 is 30.3 Å². The number of nitrogens with one attached hydrogen (secondary N) is 2. The number of carbonyl (C=O) groups excluding carboxylic acids is 1. The van der Waals surface area contributed by atoms with Gasteiger partial charge in [0.05, 0.1) is 18.4 Å². The largest absolute Gasteiger partial charge is 0.493 e. The van der Waals surface area contributed by atoms with Crippen LogP contribution in [0.25, 0.3) is 5.69 Å². The number of alkyl halides is 3. The summed E-state index contributed by atoms with van der Waals surface area (Å²) in [4.78, 5) is 50.4. The molecule has 6 N–H and O–H groups in total. The van der Waals surface area contributed by atoms with Gasteiger partial charge in [-0.25, -0.2) is 14.4 Å². The van der Waals surface area contributed by atoms with Crippen LogP contribution in [0.5, 0.6) is 11.5 Å². The van der Waals surface area contributed by atoms with Gasteiger partial charge in [-0.1, -0.05) is 42.5 Å². The van der Waals surface area contributed by atoms with Crippen molar-refractivity contribution in [3.8, 4) is 17.2 Å². The molecule has 17 heteroatoms. The van der Waals surface area contributed by atoms with Gasteiger partial charge in [0.2, 0.25) is 0 Å². The summed E-state index contributed by atoms with van der Waals surface area (Å²) in [7, 11) is 4.77. The van der Waals surface area contributed by atoms with Gasteiger partial charge >= 0.3 is 23.8 Å². The second-order valence-corrected chi connectivity index (χ2v) is 10.6. The van der Waals surface area contributed by atoms with Crippen LogP contribution in [0.1, 0.15) is 45.7 Å². The molecule has 1 aromatic heterocycles. The molecule has 4 aromatic rings. The van der Waals surface area contributed by atoms with E-state index in [0.29, 0.717) is 34.9 Å². The lowest BCUT2D eigenvalue weighted by molar-refractivity contribution is -0.192. The molecule has 1 amide bonds. The first kappa shape index (κ1) is 37.3. The van der Waals surface area contributed by atoms with Gasteiger partial charge in [0.15, 0.2) is 17.6 Å². The van der Waals surface area contributed by atoms with Crippen molar-refractivity contribution in [2.75, 3.05) is 21.2 Å². The van der Waals surface area contributed by atoms with Crippen LogP contribution >= 0.6 is 0 Å². The summed E-state index contributed by atoms with van der Waals surface area (Å²) < 4.78 is 44.3. The molecule has 0 saturated carbocycles. The SMILES string of the molecule is COc1cc(C(Cc2ccc(C(=N)N)cc2)c2nn(-c3ccccc3C(=O)O)c(=O)[nH]2)ccc1OC(C)C(=O)N(C)C.O=C(O)C(F)(F)F. The van der Waals surface area contributed by atoms with E-state index in [0.717, 1.165) is 10.2 Å². The fraction of sp³-hybridized carbons (Fsp3) is 0.250. The first-order valence-corrected chi connectivity index (χ1v) is 14.3. The number of likely N-dealkylation sites (N-methyl/N-ethyl adjacent to an activating group) is 1. The number of nitrogens with zero attached hydrogens (tertiary/aromatic N) is 3. The van der Waals surface area contributed by atoms with E-state index in [1.807, 2.05) is 12.1 Å². The fourth-order valence-corrected chi connectivity index (χ4v) is 4.53. The zero-order valence-electron chi connectivity index (χ0n) is 26.6. The molecule has 2 atom stereocenters. The van der Waals surface area contributed by atoms with Gasteiger partial charge in [-0.15, -0.1) is 5.10 Å². The quantitative estimate of drug-likeness (QED) is 0.115. The number of aliphatic carboxylic acids is 1. The lowest BCUT2D eigenvalue weighted by Gasteiger charge is -2.21. The van der Waals surface area contributed by atoms with Gasteiger partial charge in [-0.2, -0.15) is 17.9 Å². The molecular formula is C32H33F3N6O8. The highest BCUT2D eigenvalue weighted by Crippen LogP contribution is 2.35. The normalized spacial score (nSPS) is 12.1. The molecule has 260 valence electrons. The number of benzene rings is 3. The van der Waals surface area contributed by atoms with Gasteiger partial charge in [-0.3, -0.25) is 15.2 Å². The second kappa shape index (κ2) is 15.6. The van der Waals surface area contributed by atoms with Crippen LogP contribution in [0, 0.1) is 5.41 Å². The van der Waals surface area contributed by atoms with Crippen LogP contribution in [0.4, 0.5) is 13.2 Å². The van der Waals surface area contributed by atoms with Gasteiger partial charge in [0.25, 0.3) is 5.91 Å². The number of carboxylic acid groups (broad SMARTS) is 2. The van der Waals surface area contributed by atoms with Crippen molar-refractivity contribution < 1.29 is 47.2 Å². The third-order valence-electron chi connectivity index (χ3n) is 6.96. The van der Waals surface area contributed by atoms with Crippen LogP contribution in [0.15, 0.2) is 71.5 Å². The number of rotatable bonds is 11. The van der Waals surface area contributed by atoms with E-state index in [4.69, 9.17) is 30.5 Å². The number of halogens is 3. The minimum absolute atomic E-state index is 0.0550. The van der Waals surface area contributed by atoms with E-state index < -0.39 is 35.8 Å². The number of amides is 1. The number of methoxy groups -OCH3 is 1. The third kappa shape index (κ3) is 9.46. The average Bonchev–Trinajstić information content (AvgIpc) is 3.44. The molecule has 0 radical (unpaired) electrons. The lowest BCUT2D eigenvalue weighted by atomic mass is 9.90. The van der Waals surface area contributed by atoms with Crippen molar-refractivity contribution >= 4 is 23.7 Å². The summed E-state index contributed by atoms with van der Waals surface area (Å²) in [5.74, 6) is -3.69. The molecule has 2 unspecified atom stereocenters. The zero-order chi connectivity index (χ0) is 36.6. The Bertz CT molecular complexity index is 1890. The first-order chi connectivity index (χ1) is 22.9. The second-order valence-electron chi connectivity index (χ2n) is 10.6. The number of amidine groups is 1. The molecular weight excluding hydrogens is 653 g/mol. The Kier molecular flexibility index (Phi) is 11.9. The highest BCUT2D eigenvalue weighted by molar-refractivity contribution is 5.95. The lowest BCUT2D eigenvalue weighted by Crippen LogP contribution is -2.35. The summed E-state index contributed by atoms with van der Waals surface area (Å²) in [5.41, 5.74) is 7.23. The number of carbonyl (C=O) groups is 3. The molecule has 14 nitrogen and oxygen atoms in total. The number of nitrogen functional groups attached to an aromatic ring is 1. The summed E-state index contributed by atoms with van der Waals surface area (Å²) >= 11 is 0. The van der Waals surface area contributed by atoms with Crippen molar-refractivity contribution in [2.24, 2.45) is 5.73 Å². The summed E-state index contributed by atoms with van der Waals surface area (Å²) in [6.45, 7) is 1.65. The maximum atomic E-state index is 13.1. The number of aromatic carboxylic acids is 1. The Morgan fingerprint density at radius 3 is 2.18 bits per heavy atom. The van der Waals surface area contributed by atoms with E-state index in [-0.39, 0.29) is 23.0 Å². The number of aromatic nitrogens is 3. The number of aromatic amines is 1. The number of hydrogen-bond donors (Lipinski definition) is 5. The molecule has 4 rings (SSSR count). The number of ether oxygens (including phenoxy) is 2. The number of hydrogen-bond acceptors (Lipinski definition) is 8. The Hall–Kier alpha value is -6.13.